The molecule has 7 nitrogen and oxygen atoms in total. The van der Waals surface area contributed by atoms with Crippen LogP contribution < -0.4 is 5.32 Å². The van der Waals surface area contributed by atoms with Crippen molar-refractivity contribution in [3.05, 3.63) is 87.8 Å². The number of aromatic hydroxyl groups is 1. The molecule has 1 fully saturated rings. The van der Waals surface area contributed by atoms with Gasteiger partial charge in [0, 0.05) is 29.8 Å². The molecule has 2 amide bonds. The van der Waals surface area contributed by atoms with Crippen LogP contribution >= 0.6 is 24.0 Å². The van der Waals surface area contributed by atoms with E-state index >= 15 is 0 Å². The topological polar surface area (TPSA) is 107 Å². The van der Waals surface area contributed by atoms with Crippen molar-refractivity contribution in [2.24, 2.45) is 0 Å². The average Bonchev–Trinajstić information content (AvgIpc) is 3.13. The Bertz CT molecular complexity index is 1510. The summed E-state index contributed by atoms with van der Waals surface area (Å²) in [6.45, 7) is 1.78. The van der Waals surface area contributed by atoms with Gasteiger partial charge in [-0.15, -0.1) is 0 Å². The molecule has 1 aliphatic rings. The van der Waals surface area contributed by atoms with Crippen LogP contribution in [-0.2, 0) is 9.59 Å². The van der Waals surface area contributed by atoms with E-state index in [1.807, 2.05) is 0 Å². The SMILES string of the molecule is Cc1cc(C=C2SC(=S)N(CCC(=O)Nc3ccc(C(=O)O)cc3)C2=O)c(O)c(-c2ccc(F)c(F)c2)c1. The Morgan fingerprint density at radius 2 is 1.79 bits per heavy atom. The van der Waals surface area contributed by atoms with E-state index in [0.717, 1.165) is 29.5 Å². The fraction of sp³-hybridized carbons (Fsp3) is 0.111. The first-order valence-corrected chi connectivity index (χ1v) is 12.4. The molecule has 1 heterocycles. The number of benzene rings is 3. The number of carboxylic acids is 1. The highest BCUT2D eigenvalue weighted by Gasteiger charge is 2.32. The molecule has 194 valence electrons. The Hall–Kier alpha value is -4.09. The van der Waals surface area contributed by atoms with Crippen molar-refractivity contribution in [1.82, 2.24) is 4.90 Å². The van der Waals surface area contributed by atoms with E-state index in [4.69, 9.17) is 17.3 Å². The number of aromatic carboxylic acids is 1. The summed E-state index contributed by atoms with van der Waals surface area (Å²) in [5, 5.41) is 22.5. The zero-order chi connectivity index (χ0) is 27.6. The van der Waals surface area contributed by atoms with Gasteiger partial charge in [0.2, 0.25) is 5.91 Å². The molecule has 1 saturated heterocycles. The van der Waals surface area contributed by atoms with Crippen molar-refractivity contribution in [2.75, 3.05) is 11.9 Å². The van der Waals surface area contributed by atoms with E-state index in [1.165, 1.54) is 41.3 Å². The first kappa shape index (κ1) is 27.0. The number of thioether (sulfide) groups is 1. The average molecular weight is 555 g/mol. The van der Waals surface area contributed by atoms with Crippen molar-refractivity contribution in [3.63, 3.8) is 0 Å². The normalized spacial score (nSPS) is 14.3. The highest BCUT2D eigenvalue weighted by atomic mass is 32.2. The number of rotatable bonds is 7. The minimum atomic E-state index is -1.08. The van der Waals surface area contributed by atoms with Gasteiger partial charge >= 0.3 is 5.97 Å². The molecule has 1 aliphatic heterocycles. The lowest BCUT2D eigenvalue weighted by Gasteiger charge is -2.14. The predicted molar refractivity (Wildman–Crippen MR) is 145 cm³/mol. The lowest BCUT2D eigenvalue weighted by Crippen LogP contribution is -2.31. The molecule has 0 aromatic heterocycles. The molecule has 0 atom stereocenters. The van der Waals surface area contributed by atoms with Crippen molar-refractivity contribution in [2.45, 2.75) is 13.3 Å². The largest absolute Gasteiger partial charge is 0.507 e. The Balaban J connectivity index is 1.47. The third-order valence-electron chi connectivity index (χ3n) is 5.65. The molecule has 0 spiro atoms. The second-order valence-electron chi connectivity index (χ2n) is 8.39. The number of nitrogens with zero attached hydrogens (tertiary/aromatic N) is 1. The Kier molecular flexibility index (Phi) is 7.88. The molecule has 4 rings (SSSR count). The zero-order valence-corrected chi connectivity index (χ0v) is 21.5. The molecule has 3 aromatic rings. The van der Waals surface area contributed by atoms with Gasteiger partial charge in [-0.1, -0.05) is 30.0 Å². The summed E-state index contributed by atoms with van der Waals surface area (Å²) in [6, 6.07) is 12.2. The number of phenols is 1. The highest BCUT2D eigenvalue weighted by molar-refractivity contribution is 8.26. The van der Waals surface area contributed by atoms with Crippen molar-refractivity contribution < 1.29 is 33.4 Å². The molecule has 3 aromatic carbocycles. The van der Waals surface area contributed by atoms with Gasteiger partial charge in [0.05, 0.1) is 10.5 Å². The van der Waals surface area contributed by atoms with Gasteiger partial charge < -0.3 is 15.5 Å². The van der Waals surface area contributed by atoms with Gasteiger partial charge in [-0.05, 0) is 72.7 Å². The smallest absolute Gasteiger partial charge is 0.335 e. The monoisotopic (exact) mass is 554 g/mol. The van der Waals surface area contributed by atoms with Crippen LogP contribution in [0.3, 0.4) is 0 Å². The van der Waals surface area contributed by atoms with Crippen LogP contribution in [0, 0.1) is 18.6 Å². The number of anilines is 1. The summed E-state index contributed by atoms with van der Waals surface area (Å²) in [5.74, 6) is -4.17. The van der Waals surface area contributed by atoms with Crippen molar-refractivity contribution in [1.29, 1.82) is 0 Å². The quantitative estimate of drug-likeness (QED) is 0.259. The number of aryl methyl sites for hydroxylation is 1. The van der Waals surface area contributed by atoms with E-state index in [9.17, 15) is 28.3 Å². The number of nitrogens with one attached hydrogen (secondary N) is 1. The molecule has 0 aliphatic carbocycles. The zero-order valence-electron chi connectivity index (χ0n) is 19.8. The molecule has 0 bridgehead atoms. The summed E-state index contributed by atoms with van der Waals surface area (Å²) in [4.78, 5) is 37.8. The molecule has 0 unspecified atom stereocenters. The Morgan fingerprint density at radius 1 is 1.08 bits per heavy atom. The number of halogens is 2. The number of carboxylic acid groups (broad SMARTS) is 1. The Labute approximate surface area is 225 Å². The highest BCUT2D eigenvalue weighted by Crippen LogP contribution is 2.38. The lowest BCUT2D eigenvalue weighted by molar-refractivity contribution is -0.122. The number of thiocarbonyl (C=S) groups is 1. The van der Waals surface area contributed by atoms with Gasteiger partial charge in [0.25, 0.3) is 5.91 Å². The summed E-state index contributed by atoms with van der Waals surface area (Å²) >= 11 is 6.34. The maximum Gasteiger partial charge on any atom is 0.335 e. The molecular weight excluding hydrogens is 534 g/mol. The summed E-state index contributed by atoms with van der Waals surface area (Å²) in [5.41, 5.74) is 2.07. The number of carbonyl (C=O) groups is 3. The van der Waals surface area contributed by atoms with E-state index < -0.39 is 29.4 Å². The predicted octanol–water partition coefficient (Wildman–Crippen LogP) is 5.57. The van der Waals surface area contributed by atoms with Crippen LogP contribution in [0.25, 0.3) is 17.2 Å². The standard InChI is InChI=1S/C27H20F2N2O5S2/c1-14-10-17(24(33)19(11-14)16-4-7-20(28)21(29)12-16)13-22-25(34)31(27(37)38-22)9-8-23(32)30-18-5-2-15(3-6-18)26(35)36/h2-7,10-13,33H,8-9H2,1H3,(H,30,32)(H,35,36). The van der Waals surface area contributed by atoms with Gasteiger partial charge in [0.15, 0.2) is 11.6 Å². The summed E-state index contributed by atoms with van der Waals surface area (Å²) < 4.78 is 27.4. The Morgan fingerprint density at radius 3 is 2.45 bits per heavy atom. The third kappa shape index (κ3) is 5.90. The molecule has 0 saturated carbocycles. The number of phenolic OH excluding ortho intramolecular Hbond substituents is 1. The van der Waals surface area contributed by atoms with Gasteiger partial charge in [-0.3, -0.25) is 14.5 Å². The number of carbonyl (C=O) groups excluding carboxylic acids is 2. The van der Waals surface area contributed by atoms with Gasteiger partial charge in [0.1, 0.15) is 10.1 Å². The van der Waals surface area contributed by atoms with Gasteiger partial charge in [-0.2, -0.15) is 0 Å². The minimum Gasteiger partial charge on any atom is -0.507 e. The van der Waals surface area contributed by atoms with E-state index in [0.29, 0.717) is 11.3 Å². The van der Waals surface area contributed by atoms with Crippen LogP contribution in [0.4, 0.5) is 14.5 Å². The summed E-state index contributed by atoms with van der Waals surface area (Å²) in [6.07, 6.45) is 1.41. The first-order valence-electron chi connectivity index (χ1n) is 11.2. The summed E-state index contributed by atoms with van der Waals surface area (Å²) in [7, 11) is 0. The number of amides is 2. The maximum absolute atomic E-state index is 13.8. The van der Waals surface area contributed by atoms with Crippen LogP contribution in [0.5, 0.6) is 5.75 Å². The molecular formula is C27H20F2N2O5S2. The van der Waals surface area contributed by atoms with Crippen LogP contribution in [0.2, 0.25) is 0 Å². The molecule has 0 radical (unpaired) electrons. The van der Waals surface area contributed by atoms with Crippen LogP contribution in [0.15, 0.2) is 59.5 Å². The lowest BCUT2D eigenvalue weighted by atomic mass is 9.98. The second-order valence-corrected chi connectivity index (χ2v) is 10.1. The number of hydrogen-bond acceptors (Lipinski definition) is 6. The minimum absolute atomic E-state index is 0.0148. The van der Waals surface area contributed by atoms with Gasteiger partial charge in [-0.25, -0.2) is 13.6 Å². The van der Waals surface area contributed by atoms with E-state index in [2.05, 4.69) is 5.32 Å². The van der Waals surface area contributed by atoms with E-state index in [-0.39, 0.29) is 44.6 Å². The van der Waals surface area contributed by atoms with Crippen LogP contribution in [-0.4, -0.2) is 43.8 Å². The third-order valence-corrected chi connectivity index (χ3v) is 7.03. The van der Waals surface area contributed by atoms with Crippen LogP contribution in [0.1, 0.15) is 27.9 Å². The van der Waals surface area contributed by atoms with E-state index in [1.54, 1.807) is 19.1 Å². The second kappa shape index (κ2) is 11.1. The number of hydrogen-bond donors (Lipinski definition) is 3. The van der Waals surface area contributed by atoms with Crippen molar-refractivity contribution >= 4 is 57.8 Å². The fourth-order valence-corrected chi connectivity index (χ4v) is 5.07. The molecule has 11 heteroatoms. The molecule has 3 N–H and O–H groups in total. The maximum atomic E-state index is 13.8. The van der Waals surface area contributed by atoms with Crippen molar-refractivity contribution in [3.8, 4) is 16.9 Å². The fourth-order valence-electron chi connectivity index (χ4n) is 3.77. The first-order chi connectivity index (χ1) is 18.0. The molecule has 38 heavy (non-hydrogen) atoms.